The Hall–Kier alpha value is -2.40. The summed E-state index contributed by atoms with van der Waals surface area (Å²) in [5, 5.41) is 0. The van der Waals surface area contributed by atoms with Crippen LogP contribution in [-0.2, 0) is 15.9 Å². The molecule has 5 rings (SSSR count). The molecule has 0 aromatic heterocycles. The average Bonchev–Trinajstić information content (AvgIpc) is 3.06. The van der Waals surface area contributed by atoms with Gasteiger partial charge in [-0.15, -0.1) is 0 Å². The van der Waals surface area contributed by atoms with E-state index in [1.165, 1.54) is 22.3 Å². The third-order valence-electron chi connectivity index (χ3n) is 7.07. The minimum atomic E-state index is -0.296. The van der Waals surface area contributed by atoms with Gasteiger partial charge in [-0.05, 0) is 116 Å². The number of fused-ring (bicyclic) bond motifs is 1. The number of rotatable bonds is 6. The van der Waals surface area contributed by atoms with Crippen LogP contribution in [0, 0.1) is 0 Å². The summed E-state index contributed by atoms with van der Waals surface area (Å²) in [6, 6.07) is 32.5. The number of ether oxygens (including phenoxy) is 1. The first-order valence-corrected chi connectivity index (χ1v) is 14.1. The molecule has 1 heterocycles. The van der Waals surface area contributed by atoms with Gasteiger partial charge in [0.05, 0.1) is 11.2 Å². The molecule has 0 amide bonds. The van der Waals surface area contributed by atoms with Gasteiger partial charge in [-0.3, -0.25) is 0 Å². The summed E-state index contributed by atoms with van der Waals surface area (Å²) < 4.78 is 8.72. The van der Waals surface area contributed by atoms with Crippen molar-refractivity contribution in [2.75, 3.05) is 4.90 Å². The van der Waals surface area contributed by atoms with Crippen molar-refractivity contribution in [1.29, 1.82) is 0 Å². The van der Waals surface area contributed by atoms with Crippen LogP contribution in [-0.4, -0.2) is 0 Å². The van der Waals surface area contributed by atoms with Crippen LogP contribution in [0.3, 0.4) is 0 Å². The maximum absolute atomic E-state index is 6.59. The molecular formula is C32H31Br2NO. The van der Waals surface area contributed by atoms with Gasteiger partial charge in [-0.25, -0.2) is 0 Å². The lowest BCUT2D eigenvalue weighted by atomic mass is 9.85. The van der Waals surface area contributed by atoms with E-state index in [0.717, 1.165) is 38.8 Å². The Kier molecular flexibility index (Phi) is 6.88. The average molecular weight is 605 g/mol. The van der Waals surface area contributed by atoms with Crippen molar-refractivity contribution in [2.24, 2.45) is 0 Å². The molecular weight excluding hydrogens is 574 g/mol. The number of halogens is 2. The first kappa shape index (κ1) is 25.3. The van der Waals surface area contributed by atoms with Crippen LogP contribution in [0.1, 0.15) is 51.7 Å². The highest BCUT2D eigenvalue weighted by Crippen LogP contribution is 2.50. The quantitative estimate of drug-likeness (QED) is 0.217. The monoisotopic (exact) mass is 603 g/mol. The van der Waals surface area contributed by atoms with E-state index in [9.17, 15) is 0 Å². The van der Waals surface area contributed by atoms with E-state index in [1.807, 2.05) is 0 Å². The summed E-state index contributed by atoms with van der Waals surface area (Å²) >= 11 is 7.13. The highest BCUT2D eigenvalue weighted by atomic mass is 79.9. The van der Waals surface area contributed by atoms with Crippen molar-refractivity contribution in [3.05, 3.63) is 111 Å². The predicted octanol–water partition coefficient (Wildman–Crippen LogP) is 10.6. The summed E-state index contributed by atoms with van der Waals surface area (Å²) in [7, 11) is 0. The van der Waals surface area contributed by atoms with Crippen molar-refractivity contribution >= 4 is 48.9 Å². The Bertz CT molecular complexity index is 1320. The van der Waals surface area contributed by atoms with Crippen molar-refractivity contribution in [1.82, 2.24) is 0 Å². The summed E-state index contributed by atoms with van der Waals surface area (Å²) in [5.41, 5.74) is 7.87. The van der Waals surface area contributed by atoms with E-state index in [0.29, 0.717) is 0 Å². The first-order chi connectivity index (χ1) is 17.2. The number of benzene rings is 4. The highest BCUT2D eigenvalue weighted by molar-refractivity contribution is 9.10. The van der Waals surface area contributed by atoms with Crippen molar-refractivity contribution < 1.29 is 4.74 Å². The minimum absolute atomic E-state index is 0.216. The summed E-state index contributed by atoms with van der Waals surface area (Å²) in [4.78, 5) is 2.28. The molecule has 2 nitrogen and oxygen atoms in total. The van der Waals surface area contributed by atoms with E-state index in [1.54, 1.807) is 0 Å². The SMILES string of the molecule is CCCC1(C)OC(C)(C)c2cc(-c3ccc(N(c4ccc(Br)cc4)c4ccc(Br)cc4)cc3)ccc21. The standard InChI is InChI=1S/C32H31Br2NO/c1-5-20-32(4)29-19-8-23(21-30(29)31(2,3)36-32)22-6-13-26(14-7-22)35(27-15-9-24(33)10-16-27)28-17-11-25(34)12-18-28/h6-19,21H,5,20H2,1-4H3. The maximum Gasteiger partial charge on any atom is 0.0918 e. The third-order valence-corrected chi connectivity index (χ3v) is 8.13. The molecule has 0 radical (unpaired) electrons. The zero-order valence-corrected chi connectivity index (χ0v) is 24.4. The van der Waals surface area contributed by atoms with E-state index < -0.39 is 0 Å². The summed E-state index contributed by atoms with van der Waals surface area (Å²) in [5.74, 6) is 0. The topological polar surface area (TPSA) is 12.5 Å². The Labute approximate surface area is 231 Å². The summed E-state index contributed by atoms with van der Waals surface area (Å²) in [6.45, 7) is 8.83. The molecule has 0 spiro atoms. The van der Waals surface area contributed by atoms with Crippen molar-refractivity contribution in [3.63, 3.8) is 0 Å². The molecule has 4 heteroatoms. The van der Waals surface area contributed by atoms with Gasteiger partial charge in [0.25, 0.3) is 0 Å². The summed E-state index contributed by atoms with van der Waals surface area (Å²) in [6.07, 6.45) is 2.13. The van der Waals surface area contributed by atoms with Crippen LogP contribution in [0.15, 0.2) is 99.9 Å². The zero-order chi connectivity index (χ0) is 25.5. The molecule has 184 valence electrons. The Morgan fingerprint density at radius 3 is 1.61 bits per heavy atom. The molecule has 4 aromatic rings. The van der Waals surface area contributed by atoms with E-state index in [2.05, 4.69) is 155 Å². The minimum Gasteiger partial charge on any atom is -0.360 e. The second-order valence-electron chi connectivity index (χ2n) is 10.2. The predicted molar refractivity (Wildman–Crippen MR) is 158 cm³/mol. The van der Waals surface area contributed by atoms with Crippen molar-refractivity contribution in [2.45, 2.75) is 51.7 Å². The first-order valence-electron chi connectivity index (χ1n) is 12.5. The van der Waals surface area contributed by atoms with Crippen molar-refractivity contribution in [3.8, 4) is 11.1 Å². The molecule has 1 unspecified atom stereocenters. The molecule has 0 fully saturated rings. The fourth-order valence-electron chi connectivity index (χ4n) is 5.45. The second kappa shape index (κ2) is 9.81. The Balaban J connectivity index is 1.52. The van der Waals surface area contributed by atoms with Crippen LogP contribution >= 0.6 is 31.9 Å². The van der Waals surface area contributed by atoms with Crippen LogP contribution in [0.4, 0.5) is 17.1 Å². The van der Waals surface area contributed by atoms with Gasteiger partial charge in [0.1, 0.15) is 0 Å². The normalized spacial score (nSPS) is 18.2. The van der Waals surface area contributed by atoms with Gasteiger partial charge in [-0.1, -0.05) is 69.5 Å². The Morgan fingerprint density at radius 1 is 0.639 bits per heavy atom. The molecule has 1 aliphatic heterocycles. The molecule has 4 aromatic carbocycles. The lowest BCUT2D eigenvalue weighted by molar-refractivity contribution is -0.119. The van der Waals surface area contributed by atoms with E-state index in [-0.39, 0.29) is 11.2 Å². The molecule has 0 bridgehead atoms. The molecule has 0 N–H and O–H groups in total. The lowest BCUT2D eigenvalue weighted by Gasteiger charge is -2.28. The van der Waals surface area contributed by atoms with Crippen LogP contribution in [0.2, 0.25) is 0 Å². The fraction of sp³-hybridized carbons (Fsp3) is 0.250. The lowest BCUT2D eigenvalue weighted by Crippen LogP contribution is -2.25. The number of hydrogen-bond donors (Lipinski definition) is 0. The van der Waals surface area contributed by atoms with Gasteiger partial charge in [0, 0.05) is 26.0 Å². The van der Waals surface area contributed by atoms with Crippen LogP contribution < -0.4 is 4.90 Å². The van der Waals surface area contributed by atoms with E-state index >= 15 is 0 Å². The molecule has 1 atom stereocenters. The van der Waals surface area contributed by atoms with Crippen LogP contribution in [0.25, 0.3) is 11.1 Å². The van der Waals surface area contributed by atoms with Gasteiger partial charge in [0.2, 0.25) is 0 Å². The molecule has 1 aliphatic rings. The van der Waals surface area contributed by atoms with Gasteiger partial charge in [0.15, 0.2) is 0 Å². The van der Waals surface area contributed by atoms with Gasteiger partial charge in [-0.2, -0.15) is 0 Å². The molecule has 36 heavy (non-hydrogen) atoms. The second-order valence-corrected chi connectivity index (χ2v) is 12.0. The molecule has 0 saturated carbocycles. The van der Waals surface area contributed by atoms with E-state index in [4.69, 9.17) is 4.74 Å². The zero-order valence-electron chi connectivity index (χ0n) is 21.2. The maximum atomic E-state index is 6.59. The molecule has 0 saturated heterocycles. The Morgan fingerprint density at radius 2 is 1.11 bits per heavy atom. The number of nitrogens with zero attached hydrogens (tertiary/aromatic N) is 1. The molecule has 0 aliphatic carbocycles. The smallest absolute Gasteiger partial charge is 0.0918 e. The van der Waals surface area contributed by atoms with Crippen LogP contribution in [0.5, 0.6) is 0 Å². The number of hydrogen-bond acceptors (Lipinski definition) is 2. The fourth-order valence-corrected chi connectivity index (χ4v) is 5.98. The largest absolute Gasteiger partial charge is 0.360 e. The van der Waals surface area contributed by atoms with Gasteiger partial charge < -0.3 is 9.64 Å². The van der Waals surface area contributed by atoms with Gasteiger partial charge >= 0.3 is 0 Å². The highest BCUT2D eigenvalue weighted by Gasteiger charge is 2.45. The number of anilines is 3. The third kappa shape index (κ3) is 4.79.